The summed E-state index contributed by atoms with van der Waals surface area (Å²) in [5.74, 6) is 3.37. The van der Waals surface area contributed by atoms with Crippen LogP contribution in [0.2, 0.25) is 0 Å². The van der Waals surface area contributed by atoms with Crippen molar-refractivity contribution in [3.63, 3.8) is 0 Å². The Morgan fingerprint density at radius 3 is 2.44 bits per heavy atom. The lowest BCUT2D eigenvalue weighted by Gasteiger charge is -2.66. The van der Waals surface area contributed by atoms with Crippen LogP contribution in [0.15, 0.2) is 0 Å². The highest BCUT2D eigenvalue weighted by molar-refractivity contribution is 8.00. The minimum atomic E-state index is -0.982. The molecule has 0 radical (unpaired) electrons. The smallest absolute Gasteiger partial charge is 0.321 e. The van der Waals surface area contributed by atoms with Crippen LogP contribution in [-0.4, -0.2) is 50.0 Å². The highest BCUT2D eigenvalue weighted by atomic mass is 32.2. The van der Waals surface area contributed by atoms with Gasteiger partial charge in [0.15, 0.2) is 0 Å². The number of nitrogens with two attached hydrogens (primary N) is 1. The molecule has 4 rings (SSSR count). The first-order valence-corrected chi connectivity index (χ1v) is 15.9. The number of carboxylic acids is 1. The van der Waals surface area contributed by atoms with Gasteiger partial charge in [0.05, 0.1) is 11.7 Å². The van der Waals surface area contributed by atoms with Crippen LogP contribution < -0.4 is 5.73 Å². The zero-order valence-electron chi connectivity index (χ0n) is 23.4. The van der Waals surface area contributed by atoms with E-state index in [1.54, 1.807) is 11.8 Å². The summed E-state index contributed by atoms with van der Waals surface area (Å²) in [6, 6.07) is -0.921. The van der Waals surface area contributed by atoms with Crippen molar-refractivity contribution in [2.45, 2.75) is 128 Å². The molecule has 4 saturated carbocycles. The number of rotatable bonds is 9. The van der Waals surface area contributed by atoms with Gasteiger partial charge >= 0.3 is 5.97 Å². The van der Waals surface area contributed by atoms with Gasteiger partial charge in [0, 0.05) is 22.8 Å². The Morgan fingerprint density at radius 2 is 1.78 bits per heavy atom. The van der Waals surface area contributed by atoms with Crippen molar-refractivity contribution in [3.8, 4) is 0 Å². The highest BCUT2D eigenvalue weighted by Gasteiger charge is 2.67. The summed E-state index contributed by atoms with van der Waals surface area (Å²) in [6.07, 6.45) is 11.5. The minimum Gasteiger partial charge on any atom is -0.480 e. The Kier molecular flexibility index (Phi) is 8.53. The van der Waals surface area contributed by atoms with Crippen molar-refractivity contribution < 1.29 is 20.1 Å². The van der Waals surface area contributed by atoms with Gasteiger partial charge in [-0.1, -0.05) is 53.9 Å². The van der Waals surface area contributed by atoms with E-state index in [2.05, 4.69) is 34.6 Å². The van der Waals surface area contributed by atoms with Crippen LogP contribution >= 0.6 is 11.8 Å². The SMILES string of the molecule is CC(C)CCCC(C)C1CCC2C3CC(SCC(N)C(=O)O)C4(O)CC(O)CCC4(C)C3CCC12C. The summed E-state index contributed by atoms with van der Waals surface area (Å²) in [7, 11) is 0. The second-order valence-electron chi connectivity index (χ2n) is 14.1. The van der Waals surface area contributed by atoms with Gasteiger partial charge in [-0.05, 0) is 85.9 Å². The largest absolute Gasteiger partial charge is 0.480 e. The van der Waals surface area contributed by atoms with Gasteiger partial charge in [-0.15, -0.1) is 0 Å². The first-order valence-electron chi connectivity index (χ1n) is 14.8. The second kappa shape index (κ2) is 10.7. The molecule has 36 heavy (non-hydrogen) atoms. The molecule has 11 unspecified atom stereocenters. The van der Waals surface area contributed by atoms with Gasteiger partial charge in [0.1, 0.15) is 6.04 Å². The van der Waals surface area contributed by atoms with Gasteiger partial charge < -0.3 is 21.1 Å². The van der Waals surface area contributed by atoms with Crippen molar-refractivity contribution in [1.29, 1.82) is 0 Å². The van der Waals surface area contributed by atoms with Gasteiger partial charge in [0.25, 0.3) is 0 Å². The first-order chi connectivity index (χ1) is 16.8. The van der Waals surface area contributed by atoms with Gasteiger partial charge in [-0.25, -0.2) is 0 Å². The lowest BCUT2D eigenvalue weighted by atomic mass is 9.43. The van der Waals surface area contributed by atoms with E-state index in [0.29, 0.717) is 35.3 Å². The quantitative estimate of drug-likeness (QED) is 0.309. The zero-order valence-corrected chi connectivity index (χ0v) is 24.2. The van der Waals surface area contributed by atoms with Crippen LogP contribution in [0.5, 0.6) is 0 Å². The van der Waals surface area contributed by atoms with E-state index in [4.69, 9.17) is 5.73 Å². The monoisotopic (exact) mass is 523 g/mol. The van der Waals surface area contributed by atoms with Gasteiger partial charge in [0.2, 0.25) is 0 Å². The number of aliphatic hydroxyl groups excluding tert-OH is 1. The number of carbonyl (C=O) groups is 1. The van der Waals surface area contributed by atoms with Crippen molar-refractivity contribution >= 4 is 17.7 Å². The Balaban J connectivity index is 1.57. The van der Waals surface area contributed by atoms with E-state index in [1.807, 2.05) is 0 Å². The molecule has 0 amide bonds. The molecular formula is C30H53NO4S. The number of thioether (sulfide) groups is 1. The Bertz CT molecular complexity index is 793. The average Bonchev–Trinajstić information content (AvgIpc) is 3.15. The van der Waals surface area contributed by atoms with Crippen LogP contribution in [0.1, 0.15) is 105 Å². The number of hydrogen-bond donors (Lipinski definition) is 4. The summed E-state index contributed by atoms with van der Waals surface area (Å²) >= 11 is 1.56. The Labute approximate surface area is 223 Å². The third-order valence-electron chi connectivity index (χ3n) is 11.8. The van der Waals surface area contributed by atoms with Crippen molar-refractivity contribution in [2.75, 3.05) is 5.75 Å². The summed E-state index contributed by atoms with van der Waals surface area (Å²) in [6.45, 7) is 12.0. The molecule has 0 saturated heterocycles. The fraction of sp³-hybridized carbons (Fsp3) is 0.967. The molecule has 208 valence electrons. The van der Waals surface area contributed by atoms with Gasteiger partial charge in [-0.3, -0.25) is 4.79 Å². The van der Waals surface area contributed by atoms with Crippen molar-refractivity contribution in [1.82, 2.24) is 0 Å². The van der Waals surface area contributed by atoms with Gasteiger partial charge in [-0.2, -0.15) is 11.8 Å². The number of aliphatic hydroxyl groups is 2. The molecule has 4 aliphatic carbocycles. The fourth-order valence-electron chi connectivity index (χ4n) is 9.75. The predicted molar refractivity (Wildman–Crippen MR) is 148 cm³/mol. The van der Waals surface area contributed by atoms with Crippen LogP contribution in [0.25, 0.3) is 0 Å². The maximum Gasteiger partial charge on any atom is 0.321 e. The number of fused-ring (bicyclic) bond motifs is 5. The molecule has 5 nitrogen and oxygen atoms in total. The summed E-state index contributed by atoms with van der Waals surface area (Å²) in [4.78, 5) is 11.4. The molecule has 0 aromatic heterocycles. The molecule has 11 atom stereocenters. The molecule has 0 bridgehead atoms. The molecule has 0 aliphatic heterocycles. The molecule has 4 aliphatic rings. The maximum absolute atomic E-state index is 12.3. The minimum absolute atomic E-state index is 0.0750. The van der Waals surface area contributed by atoms with E-state index < -0.39 is 23.7 Å². The number of aliphatic carboxylic acids is 1. The summed E-state index contributed by atoms with van der Waals surface area (Å²) in [5.41, 5.74) is 5.07. The van der Waals surface area contributed by atoms with E-state index in [-0.39, 0.29) is 10.7 Å². The first kappa shape index (κ1) is 28.7. The van der Waals surface area contributed by atoms with E-state index in [9.17, 15) is 20.1 Å². The molecule has 0 aromatic carbocycles. The van der Waals surface area contributed by atoms with E-state index in [0.717, 1.165) is 37.0 Å². The average molecular weight is 524 g/mol. The van der Waals surface area contributed by atoms with E-state index >= 15 is 0 Å². The molecule has 0 heterocycles. The zero-order chi connectivity index (χ0) is 26.5. The third-order valence-corrected chi connectivity index (χ3v) is 13.3. The highest BCUT2D eigenvalue weighted by Crippen LogP contribution is 2.70. The Morgan fingerprint density at radius 1 is 1.06 bits per heavy atom. The topological polar surface area (TPSA) is 104 Å². The molecule has 5 N–H and O–H groups in total. The Hall–Kier alpha value is -0.300. The van der Waals surface area contributed by atoms with E-state index in [1.165, 1.54) is 44.9 Å². The molecule has 4 fully saturated rings. The van der Waals surface area contributed by atoms with Crippen molar-refractivity contribution in [2.24, 2.45) is 52.1 Å². The van der Waals surface area contributed by atoms with Crippen LogP contribution in [0.3, 0.4) is 0 Å². The number of hydrogen-bond acceptors (Lipinski definition) is 5. The molecular weight excluding hydrogens is 470 g/mol. The standard InChI is InChI=1S/C30H53NO4S/c1-18(2)7-6-8-19(3)22-9-10-23-21-15-26(36-17-25(31)27(33)34)30(35)16-20(32)11-14-29(30,5)24(21)12-13-28(22,23)4/h18-26,32,35H,6-17,31H2,1-5H3,(H,33,34). The summed E-state index contributed by atoms with van der Waals surface area (Å²) < 4.78 is 0. The maximum atomic E-state index is 12.3. The lowest BCUT2D eigenvalue weighted by Crippen LogP contribution is -2.68. The lowest BCUT2D eigenvalue weighted by molar-refractivity contribution is -0.216. The molecule has 0 spiro atoms. The predicted octanol–water partition coefficient (Wildman–Crippen LogP) is 5.71. The number of carboxylic acid groups (broad SMARTS) is 1. The van der Waals surface area contributed by atoms with Crippen LogP contribution in [0.4, 0.5) is 0 Å². The van der Waals surface area contributed by atoms with Crippen molar-refractivity contribution in [3.05, 3.63) is 0 Å². The van der Waals surface area contributed by atoms with Crippen LogP contribution in [0, 0.1) is 46.3 Å². The molecule has 0 aromatic rings. The molecule has 6 heteroatoms. The second-order valence-corrected chi connectivity index (χ2v) is 15.4. The fourth-order valence-corrected chi connectivity index (χ4v) is 11.3. The van der Waals surface area contributed by atoms with Crippen LogP contribution in [-0.2, 0) is 4.79 Å². The summed E-state index contributed by atoms with van der Waals surface area (Å²) in [5, 5.41) is 32.2. The normalized spacial score (nSPS) is 46.0. The third kappa shape index (κ3) is 4.91.